The number of nitrogens with zero attached hydrogens (tertiary/aromatic N) is 1. The lowest BCUT2D eigenvalue weighted by atomic mass is 10.2. The molecule has 1 aromatic rings. The van der Waals surface area contributed by atoms with E-state index in [1.165, 1.54) is 0 Å². The lowest BCUT2D eigenvalue weighted by Crippen LogP contribution is -2.37. The van der Waals surface area contributed by atoms with Crippen molar-refractivity contribution in [2.24, 2.45) is 4.99 Å². The number of hydrogen-bond acceptors (Lipinski definition) is 1. The monoisotopic (exact) mass is 377 g/mol. The minimum Gasteiger partial charge on any atom is -0.357 e. The van der Waals surface area contributed by atoms with E-state index in [1.54, 1.807) is 0 Å². The smallest absolute Gasteiger partial charge is 0.192 e. The van der Waals surface area contributed by atoms with Gasteiger partial charge in [-0.1, -0.05) is 35.7 Å². The van der Waals surface area contributed by atoms with Gasteiger partial charge >= 0.3 is 0 Å². The van der Waals surface area contributed by atoms with Crippen LogP contribution in [0.3, 0.4) is 0 Å². The van der Waals surface area contributed by atoms with Gasteiger partial charge < -0.3 is 10.6 Å². The van der Waals surface area contributed by atoms with Gasteiger partial charge in [0.15, 0.2) is 5.96 Å². The molecule has 0 bridgehead atoms. The van der Waals surface area contributed by atoms with Crippen LogP contribution < -0.4 is 10.6 Å². The van der Waals surface area contributed by atoms with Crippen molar-refractivity contribution in [2.75, 3.05) is 13.1 Å². The Hall–Kier alpha value is -0.930. The second-order valence-electron chi connectivity index (χ2n) is 3.34. The fraction of sp³-hybridized carbons (Fsp3) is 0.308. The molecule has 0 aromatic heterocycles. The van der Waals surface area contributed by atoms with Crippen molar-refractivity contribution in [3.05, 3.63) is 34.9 Å². The van der Waals surface area contributed by atoms with Crippen molar-refractivity contribution >= 4 is 41.5 Å². The topological polar surface area (TPSA) is 36.4 Å². The van der Waals surface area contributed by atoms with E-state index in [0.717, 1.165) is 17.1 Å². The maximum Gasteiger partial charge on any atom is 0.192 e. The second-order valence-corrected chi connectivity index (χ2v) is 3.75. The molecule has 0 saturated heterocycles. The average molecular weight is 378 g/mol. The molecule has 0 aliphatic rings. The molecule has 18 heavy (non-hydrogen) atoms. The van der Waals surface area contributed by atoms with Crippen LogP contribution in [-0.4, -0.2) is 19.0 Å². The zero-order valence-corrected chi connectivity index (χ0v) is 13.3. The van der Waals surface area contributed by atoms with Gasteiger partial charge in [-0.05, 0) is 18.6 Å². The van der Waals surface area contributed by atoms with Crippen LogP contribution in [0.5, 0.6) is 0 Å². The Balaban J connectivity index is 0.00000289. The van der Waals surface area contributed by atoms with Crippen LogP contribution in [0.4, 0.5) is 0 Å². The highest BCUT2D eigenvalue weighted by molar-refractivity contribution is 14.0. The second kappa shape index (κ2) is 10.0. The lowest BCUT2D eigenvalue weighted by Gasteiger charge is -2.09. The Morgan fingerprint density at radius 1 is 1.39 bits per heavy atom. The van der Waals surface area contributed by atoms with E-state index in [-0.39, 0.29) is 24.0 Å². The molecular weight excluding hydrogens is 361 g/mol. The molecule has 0 unspecified atom stereocenters. The van der Waals surface area contributed by atoms with Crippen LogP contribution in [0.2, 0.25) is 5.02 Å². The van der Waals surface area contributed by atoms with Crippen LogP contribution in [0.25, 0.3) is 0 Å². The predicted octanol–water partition coefficient (Wildman–Crippen LogP) is 2.65. The van der Waals surface area contributed by atoms with Gasteiger partial charge in [-0.2, -0.15) is 0 Å². The molecular formula is C13H17ClIN3. The molecule has 5 heteroatoms. The van der Waals surface area contributed by atoms with Crippen LogP contribution in [0, 0.1) is 12.3 Å². The van der Waals surface area contributed by atoms with Gasteiger partial charge in [-0.25, -0.2) is 4.99 Å². The maximum atomic E-state index is 6.05. The largest absolute Gasteiger partial charge is 0.357 e. The number of rotatable bonds is 4. The van der Waals surface area contributed by atoms with Crippen LogP contribution >= 0.6 is 35.6 Å². The minimum atomic E-state index is 0. The van der Waals surface area contributed by atoms with Gasteiger partial charge in [-0.3, -0.25) is 0 Å². The van der Waals surface area contributed by atoms with E-state index in [1.807, 2.05) is 31.2 Å². The molecule has 0 saturated carbocycles. The molecule has 98 valence electrons. The normalized spacial score (nSPS) is 10.2. The molecule has 0 fully saturated rings. The van der Waals surface area contributed by atoms with E-state index < -0.39 is 0 Å². The number of benzene rings is 1. The van der Waals surface area contributed by atoms with Crippen molar-refractivity contribution < 1.29 is 0 Å². The summed E-state index contributed by atoms with van der Waals surface area (Å²) in [4.78, 5) is 4.40. The van der Waals surface area contributed by atoms with Crippen molar-refractivity contribution in [2.45, 2.75) is 13.5 Å². The third-order valence-corrected chi connectivity index (χ3v) is 2.44. The Kier molecular flexibility index (Phi) is 9.52. The summed E-state index contributed by atoms with van der Waals surface area (Å²) in [6, 6.07) is 7.65. The molecule has 3 nitrogen and oxygen atoms in total. The van der Waals surface area contributed by atoms with E-state index in [9.17, 15) is 0 Å². The molecule has 1 rings (SSSR count). The first kappa shape index (κ1) is 17.1. The summed E-state index contributed by atoms with van der Waals surface area (Å²) >= 11 is 6.05. The van der Waals surface area contributed by atoms with Gasteiger partial charge in [0.25, 0.3) is 0 Å². The van der Waals surface area contributed by atoms with Crippen molar-refractivity contribution in [1.29, 1.82) is 0 Å². The first-order valence-electron chi connectivity index (χ1n) is 5.47. The highest BCUT2D eigenvalue weighted by Crippen LogP contribution is 2.15. The summed E-state index contributed by atoms with van der Waals surface area (Å²) in [5.74, 6) is 3.21. The van der Waals surface area contributed by atoms with Gasteiger partial charge in [0.2, 0.25) is 0 Å². The fourth-order valence-corrected chi connectivity index (χ4v) is 1.46. The molecule has 0 amide bonds. The summed E-state index contributed by atoms with van der Waals surface area (Å²) in [5.41, 5.74) is 0.993. The van der Waals surface area contributed by atoms with Crippen LogP contribution in [-0.2, 0) is 6.54 Å². The zero-order chi connectivity index (χ0) is 12.5. The van der Waals surface area contributed by atoms with Crippen molar-refractivity contribution in [3.63, 3.8) is 0 Å². The quantitative estimate of drug-likeness (QED) is 0.366. The number of halogens is 2. The lowest BCUT2D eigenvalue weighted by molar-refractivity contribution is 0.865. The van der Waals surface area contributed by atoms with E-state index in [4.69, 9.17) is 18.0 Å². The Morgan fingerprint density at radius 2 is 2.11 bits per heavy atom. The predicted molar refractivity (Wildman–Crippen MR) is 88.5 cm³/mol. The Labute approximate surface area is 130 Å². The van der Waals surface area contributed by atoms with Crippen LogP contribution in [0.15, 0.2) is 29.3 Å². The Bertz CT molecular complexity index is 426. The number of hydrogen-bond donors (Lipinski definition) is 2. The van der Waals surface area contributed by atoms with Crippen LogP contribution in [0.1, 0.15) is 12.5 Å². The van der Waals surface area contributed by atoms with Gasteiger partial charge in [-0.15, -0.1) is 30.4 Å². The minimum absolute atomic E-state index is 0. The molecule has 0 atom stereocenters. The Morgan fingerprint density at radius 3 is 2.72 bits per heavy atom. The third-order valence-electron chi connectivity index (χ3n) is 2.07. The SMILES string of the molecule is C#CCNC(=NCc1ccccc1Cl)NCC.I. The molecule has 2 N–H and O–H groups in total. The molecule has 0 heterocycles. The number of nitrogens with one attached hydrogen (secondary N) is 2. The number of aliphatic imine (C=N–C) groups is 1. The molecule has 1 aromatic carbocycles. The third kappa shape index (κ3) is 6.12. The molecule has 0 radical (unpaired) electrons. The van der Waals surface area contributed by atoms with E-state index in [0.29, 0.717) is 19.0 Å². The summed E-state index contributed by atoms with van der Waals surface area (Å²) in [7, 11) is 0. The average Bonchev–Trinajstić information content (AvgIpc) is 2.34. The summed E-state index contributed by atoms with van der Waals surface area (Å²) in [6.45, 7) is 3.77. The maximum absolute atomic E-state index is 6.05. The summed E-state index contributed by atoms with van der Waals surface area (Å²) < 4.78 is 0. The summed E-state index contributed by atoms with van der Waals surface area (Å²) in [5, 5.41) is 6.85. The highest BCUT2D eigenvalue weighted by atomic mass is 127. The van der Waals surface area contributed by atoms with Gasteiger partial charge in [0.05, 0.1) is 13.1 Å². The number of terminal acetylenes is 1. The molecule has 0 spiro atoms. The molecule has 0 aliphatic carbocycles. The standard InChI is InChI=1S/C13H16ClN3.HI/c1-3-9-16-13(15-4-2)17-10-11-7-5-6-8-12(11)14;/h1,5-8H,4,9-10H2,2H3,(H2,15,16,17);1H. The first-order chi connectivity index (χ1) is 8.27. The van der Waals surface area contributed by atoms with E-state index in [2.05, 4.69) is 21.5 Å². The van der Waals surface area contributed by atoms with Gasteiger partial charge in [0, 0.05) is 11.6 Å². The first-order valence-corrected chi connectivity index (χ1v) is 5.84. The highest BCUT2D eigenvalue weighted by Gasteiger charge is 1.99. The van der Waals surface area contributed by atoms with Crippen molar-refractivity contribution in [1.82, 2.24) is 10.6 Å². The number of guanidine groups is 1. The molecule has 0 aliphatic heterocycles. The fourth-order valence-electron chi connectivity index (χ4n) is 1.27. The van der Waals surface area contributed by atoms with Gasteiger partial charge in [0.1, 0.15) is 0 Å². The van der Waals surface area contributed by atoms with E-state index >= 15 is 0 Å². The zero-order valence-electron chi connectivity index (χ0n) is 10.2. The van der Waals surface area contributed by atoms with Crippen molar-refractivity contribution in [3.8, 4) is 12.3 Å². The summed E-state index contributed by atoms with van der Waals surface area (Å²) in [6.07, 6.45) is 5.19.